The molecule has 1 aliphatic rings. The average molecular weight is 687 g/mol. The maximum Gasteiger partial charge on any atom is 0.338 e. The van der Waals surface area contributed by atoms with Crippen molar-refractivity contribution in [2.45, 2.75) is 52.9 Å². The number of aromatic nitrogens is 1. The second-order valence-electron chi connectivity index (χ2n) is 11.5. The van der Waals surface area contributed by atoms with Crippen LogP contribution in [0.4, 0.5) is 4.39 Å². The van der Waals surface area contributed by atoms with Crippen molar-refractivity contribution in [3.8, 4) is 23.0 Å². The zero-order valence-corrected chi connectivity index (χ0v) is 29.2. The van der Waals surface area contributed by atoms with E-state index in [1.165, 1.54) is 36.2 Å². The van der Waals surface area contributed by atoms with Gasteiger partial charge in [-0.3, -0.25) is 9.36 Å². The number of carbonyl (C=O) groups is 1. The first-order valence-corrected chi connectivity index (χ1v) is 16.6. The Balaban J connectivity index is 1.63. The van der Waals surface area contributed by atoms with Crippen LogP contribution in [0.3, 0.4) is 0 Å². The fourth-order valence-corrected chi connectivity index (χ4v) is 6.67. The van der Waals surface area contributed by atoms with Crippen molar-refractivity contribution in [3.63, 3.8) is 0 Å². The molecule has 0 N–H and O–H groups in total. The molecule has 0 bridgehead atoms. The number of rotatable bonds is 13. The summed E-state index contributed by atoms with van der Waals surface area (Å²) in [4.78, 5) is 32.7. The Bertz CT molecular complexity index is 2100. The number of fused-ring (bicyclic) bond motifs is 1. The maximum absolute atomic E-state index is 14.3. The predicted octanol–water partition coefficient (Wildman–Crippen LogP) is 6.05. The molecule has 9 nitrogen and oxygen atoms in total. The van der Waals surface area contributed by atoms with Gasteiger partial charge >= 0.3 is 5.97 Å². The maximum atomic E-state index is 14.3. The Hall–Kier alpha value is -5.16. The molecule has 0 unspecified atom stereocenters. The number of thiazole rings is 1. The monoisotopic (exact) mass is 686 g/mol. The zero-order valence-electron chi connectivity index (χ0n) is 28.4. The van der Waals surface area contributed by atoms with Crippen LogP contribution in [-0.2, 0) is 22.6 Å². The molecule has 0 aliphatic carbocycles. The van der Waals surface area contributed by atoms with Crippen LogP contribution in [0.5, 0.6) is 23.0 Å². The van der Waals surface area contributed by atoms with Gasteiger partial charge in [-0.1, -0.05) is 41.7 Å². The number of carbonyl (C=O) groups excluding carboxylic acids is 1. The molecule has 0 saturated carbocycles. The van der Waals surface area contributed by atoms with E-state index in [1.54, 1.807) is 62.4 Å². The van der Waals surface area contributed by atoms with Crippen molar-refractivity contribution in [2.24, 2.45) is 4.99 Å². The number of methoxy groups -OCH3 is 2. The third-order valence-corrected chi connectivity index (χ3v) is 8.73. The number of nitrogens with zero attached hydrogens (tertiary/aromatic N) is 2. The largest absolute Gasteiger partial charge is 0.493 e. The van der Waals surface area contributed by atoms with Crippen molar-refractivity contribution in [1.82, 2.24) is 4.57 Å². The van der Waals surface area contributed by atoms with Gasteiger partial charge in [0.1, 0.15) is 12.4 Å². The van der Waals surface area contributed by atoms with Gasteiger partial charge in [-0.2, -0.15) is 0 Å². The Labute approximate surface area is 288 Å². The number of ether oxygens (including phenoxy) is 5. The quantitative estimate of drug-likeness (QED) is 0.125. The van der Waals surface area contributed by atoms with Gasteiger partial charge in [0.2, 0.25) is 0 Å². The van der Waals surface area contributed by atoms with Crippen molar-refractivity contribution in [3.05, 3.63) is 126 Å². The molecular weight excluding hydrogens is 647 g/mol. The Kier molecular flexibility index (Phi) is 11.0. The van der Waals surface area contributed by atoms with E-state index in [1.807, 2.05) is 26.0 Å². The van der Waals surface area contributed by atoms with Gasteiger partial charge in [-0.05, 0) is 81.7 Å². The number of esters is 1. The summed E-state index contributed by atoms with van der Waals surface area (Å²) in [6, 6.07) is 14.6. The van der Waals surface area contributed by atoms with Gasteiger partial charge in [0.05, 0.1) is 48.8 Å². The van der Waals surface area contributed by atoms with E-state index in [4.69, 9.17) is 23.7 Å². The molecule has 3 aromatic carbocycles. The highest BCUT2D eigenvalue weighted by atomic mass is 32.1. The van der Waals surface area contributed by atoms with Crippen LogP contribution in [0, 0.1) is 5.82 Å². The summed E-state index contributed by atoms with van der Waals surface area (Å²) in [6.07, 6.45) is 3.83. The van der Waals surface area contributed by atoms with Gasteiger partial charge in [0.15, 0.2) is 27.8 Å². The lowest BCUT2D eigenvalue weighted by Gasteiger charge is -2.25. The first-order chi connectivity index (χ1) is 23.6. The lowest BCUT2D eigenvalue weighted by Crippen LogP contribution is -2.40. The number of allylic oxidation sites excluding steroid dienone is 2. The molecule has 49 heavy (non-hydrogen) atoms. The number of halogens is 1. The molecule has 4 aromatic rings. The Morgan fingerprint density at radius 2 is 1.82 bits per heavy atom. The third-order valence-electron chi connectivity index (χ3n) is 7.75. The summed E-state index contributed by atoms with van der Waals surface area (Å²) >= 11 is 1.21. The fraction of sp³-hybridized carbons (Fsp3) is 0.289. The normalized spacial score (nSPS) is 14.3. The summed E-state index contributed by atoms with van der Waals surface area (Å²) in [7, 11) is 3.06. The van der Waals surface area contributed by atoms with E-state index in [9.17, 15) is 14.0 Å². The van der Waals surface area contributed by atoms with E-state index < -0.39 is 12.0 Å². The molecule has 1 aromatic heterocycles. The molecule has 11 heteroatoms. The van der Waals surface area contributed by atoms with Gasteiger partial charge in [0.25, 0.3) is 5.56 Å². The fourth-order valence-electron chi connectivity index (χ4n) is 5.62. The molecule has 1 atom stereocenters. The van der Waals surface area contributed by atoms with Crippen LogP contribution >= 0.6 is 11.3 Å². The van der Waals surface area contributed by atoms with E-state index in [-0.39, 0.29) is 36.3 Å². The second kappa shape index (κ2) is 15.4. The highest BCUT2D eigenvalue weighted by Gasteiger charge is 2.34. The van der Waals surface area contributed by atoms with Crippen LogP contribution in [0.25, 0.3) is 6.08 Å². The predicted molar refractivity (Wildman–Crippen MR) is 187 cm³/mol. The number of benzene rings is 3. The van der Waals surface area contributed by atoms with Crippen molar-refractivity contribution in [1.29, 1.82) is 0 Å². The van der Waals surface area contributed by atoms with Gasteiger partial charge in [0, 0.05) is 11.1 Å². The third kappa shape index (κ3) is 7.46. The summed E-state index contributed by atoms with van der Waals surface area (Å²) in [5.41, 5.74) is 2.82. The summed E-state index contributed by atoms with van der Waals surface area (Å²) in [5, 5.41) is 0. The van der Waals surface area contributed by atoms with E-state index >= 15 is 0 Å². The van der Waals surface area contributed by atoms with Gasteiger partial charge < -0.3 is 23.7 Å². The molecule has 0 amide bonds. The van der Waals surface area contributed by atoms with E-state index in [2.05, 4.69) is 11.6 Å². The molecule has 1 aliphatic heterocycles. The zero-order chi connectivity index (χ0) is 35.2. The topological polar surface area (TPSA) is 97.6 Å². The Morgan fingerprint density at radius 1 is 1.06 bits per heavy atom. The molecule has 5 rings (SSSR count). The molecule has 0 saturated heterocycles. The first kappa shape index (κ1) is 35.2. The highest BCUT2D eigenvalue weighted by Crippen LogP contribution is 2.37. The lowest BCUT2D eigenvalue weighted by molar-refractivity contribution is -0.139. The smallest absolute Gasteiger partial charge is 0.338 e. The van der Waals surface area contributed by atoms with Crippen LogP contribution in [0.2, 0.25) is 0 Å². The van der Waals surface area contributed by atoms with E-state index in [0.717, 1.165) is 5.56 Å². The van der Waals surface area contributed by atoms with Crippen LogP contribution < -0.4 is 33.8 Å². The van der Waals surface area contributed by atoms with Crippen LogP contribution in [-0.4, -0.2) is 37.5 Å². The van der Waals surface area contributed by atoms with Crippen molar-refractivity contribution >= 4 is 23.4 Å². The second-order valence-corrected chi connectivity index (χ2v) is 12.5. The standard InChI is InChI=1S/C38H39FN2O7S/c1-8-12-26-17-24(18-31(45-7)35(26)47-21-27-13-10-11-14-28(27)39)19-32-36(42)41-34(25-15-16-29(48-22(3)4)30(20-25)44-6)33(37(43)46-9-2)23(5)40-38(41)49-32/h8,10-11,13-20,22,34H,1,9,12,21H2,2-7H3/b32-19-/t34-/m1/s1. The minimum atomic E-state index is -0.834. The minimum Gasteiger partial charge on any atom is -0.493 e. The first-order valence-electron chi connectivity index (χ1n) is 15.8. The molecule has 0 fully saturated rings. The Morgan fingerprint density at radius 3 is 2.49 bits per heavy atom. The summed E-state index contributed by atoms with van der Waals surface area (Å²) in [6.45, 7) is 11.3. The molecular formula is C38H39FN2O7S. The average Bonchev–Trinajstić information content (AvgIpc) is 3.37. The molecule has 0 spiro atoms. The van der Waals surface area contributed by atoms with Crippen molar-refractivity contribution in [2.75, 3.05) is 20.8 Å². The summed E-state index contributed by atoms with van der Waals surface area (Å²) in [5.74, 6) is 0.954. The molecule has 256 valence electrons. The van der Waals surface area contributed by atoms with Gasteiger partial charge in [-0.15, -0.1) is 6.58 Å². The van der Waals surface area contributed by atoms with Gasteiger partial charge in [-0.25, -0.2) is 14.2 Å². The summed E-state index contributed by atoms with van der Waals surface area (Å²) < 4.78 is 45.0. The van der Waals surface area contributed by atoms with Crippen LogP contribution in [0.1, 0.15) is 56.0 Å². The lowest BCUT2D eigenvalue weighted by atomic mass is 9.95. The van der Waals surface area contributed by atoms with Crippen molar-refractivity contribution < 1.29 is 32.9 Å². The highest BCUT2D eigenvalue weighted by molar-refractivity contribution is 7.07. The SMILES string of the molecule is C=CCc1cc(/C=c2\sc3n(c2=O)[C@H](c2ccc(OC(C)C)c(OC)c2)C(C(=O)OCC)=C(C)N=3)cc(OC)c1OCc1ccccc1F. The molecule has 2 heterocycles. The van der Waals surface area contributed by atoms with Crippen LogP contribution in [0.15, 0.2) is 88.3 Å². The number of hydrogen-bond acceptors (Lipinski definition) is 9. The van der Waals surface area contributed by atoms with E-state index in [0.29, 0.717) is 61.1 Å². The number of hydrogen-bond donors (Lipinski definition) is 0. The minimum absolute atomic E-state index is 0.00261. The molecule has 0 radical (unpaired) electrons.